The lowest BCUT2D eigenvalue weighted by Crippen LogP contribution is -2.25. The van der Waals surface area contributed by atoms with Crippen LogP contribution in [-0.4, -0.2) is 31.9 Å². The Morgan fingerprint density at radius 2 is 2.00 bits per heavy atom. The van der Waals surface area contributed by atoms with E-state index in [0.29, 0.717) is 0 Å². The molecule has 0 aromatic heterocycles. The predicted molar refractivity (Wildman–Crippen MR) is 53.6 cm³/mol. The van der Waals surface area contributed by atoms with E-state index < -0.39 is 0 Å². The second-order valence-electron chi connectivity index (χ2n) is 3.82. The van der Waals surface area contributed by atoms with Gasteiger partial charge in [0.1, 0.15) is 0 Å². The molecule has 1 fully saturated rings. The highest BCUT2D eigenvalue weighted by Gasteiger charge is 2.13. The molecule has 1 saturated carbocycles. The Morgan fingerprint density at radius 3 is 2.58 bits per heavy atom. The van der Waals surface area contributed by atoms with E-state index in [2.05, 4.69) is 16.9 Å². The summed E-state index contributed by atoms with van der Waals surface area (Å²) in [7, 11) is 3.94. The normalized spacial score (nSPS) is 20.2. The number of rotatable bonds is 3. The molecule has 0 N–H and O–H groups in total. The minimum Gasteiger partial charge on any atom is -0.366 e. The van der Waals surface area contributed by atoms with Crippen molar-refractivity contribution in [3.05, 3.63) is 0 Å². The molecule has 0 saturated heterocycles. The van der Waals surface area contributed by atoms with E-state index in [1.54, 1.807) is 0 Å². The van der Waals surface area contributed by atoms with E-state index in [1.165, 1.54) is 38.6 Å². The SMILES string of the molecule is CN=CN(C)CC1CCCCC1. The standard InChI is InChI=1S/C10H20N2/c1-11-9-12(2)8-10-6-4-3-5-7-10/h9-10H,3-8H2,1-2H3. The number of hydrogen-bond acceptors (Lipinski definition) is 1. The summed E-state index contributed by atoms with van der Waals surface area (Å²) >= 11 is 0. The average Bonchev–Trinajstić information content (AvgIpc) is 2.06. The molecule has 0 atom stereocenters. The quantitative estimate of drug-likeness (QED) is 0.466. The third-order valence-electron chi connectivity index (χ3n) is 2.58. The monoisotopic (exact) mass is 168 g/mol. The van der Waals surface area contributed by atoms with Crippen molar-refractivity contribution in [1.29, 1.82) is 0 Å². The van der Waals surface area contributed by atoms with Crippen molar-refractivity contribution in [3.8, 4) is 0 Å². The molecule has 0 spiro atoms. The maximum atomic E-state index is 4.00. The van der Waals surface area contributed by atoms with Crippen LogP contribution in [0.4, 0.5) is 0 Å². The summed E-state index contributed by atoms with van der Waals surface area (Å²) in [6.07, 6.45) is 9.07. The smallest absolute Gasteiger partial charge is 0.0843 e. The lowest BCUT2D eigenvalue weighted by Gasteiger charge is -2.25. The first-order valence-electron chi connectivity index (χ1n) is 4.95. The van der Waals surface area contributed by atoms with Gasteiger partial charge in [-0.25, -0.2) is 0 Å². The van der Waals surface area contributed by atoms with Crippen LogP contribution in [0.1, 0.15) is 32.1 Å². The molecule has 0 unspecified atom stereocenters. The van der Waals surface area contributed by atoms with Gasteiger partial charge in [0.2, 0.25) is 0 Å². The summed E-state index contributed by atoms with van der Waals surface area (Å²) < 4.78 is 0. The number of aliphatic imine (C=N–C) groups is 1. The first-order chi connectivity index (χ1) is 5.83. The molecular formula is C10H20N2. The van der Waals surface area contributed by atoms with Crippen molar-refractivity contribution < 1.29 is 0 Å². The Bertz CT molecular complexity index is 137. The van der Waals surface area contributed by atoms with Gasteiger partial charge in [-0.2, -0.15) is 0 Å². The molecule has 0 aromatic carbocycles. The highest BCUT2D eigenvalue weighted by molar-refractivity contribution is 5.53. The lowest BCUT2D eigenvalue weighted by molar-refractivity contribution is 0.300. The summed E-state index contributed by atoms with van der Waals surface area (Å²) in [6.45, 7) is 1.19. The second kappa shape index (κ2) is 5.18. The molecule has 1 aliphatic carbocycles. The van der Waals surface area contributed by atoms with E-state index in [1.807, 2.05) is 13.4 Å². The summed E-state index contributed by atoms with van der Waals surface area (Å²) in [4.78, 5) is 6.21. The van der Waals surface area contributed by atoms with Crippen LogP contribution in [0.2, 0.25) is 0 Å². The van der Waals surface area contributed by atoms with Gasteiger partial charge in [0, 0.05) is 20.6 Å². The van der Waals surface area contributed by atoms with Crippen LogP contribution >= 0.6 is 0 Å². The molecule has 0 amide bonds. The Balaban J connectivity index is 2.19. The molecule has 0 heterocycles. The summed E-state index contributed by atoms with van der Waals surface area (Å²) in [5.41, 5.74) is 0. The molecule has 0 bridgehead atoms. The molecule has 0 aromatic rings. The van der Waals surface area contributed by atoms with Crippen molar-refractivity contribution in [1.82, 2.24) is 4.90 Å². The van der Waals surface area contributed by atoms with Crippen molar-refractivity contribution in [3.63, 3.8) is 0 Å². The lowest BCUT2D eigenvalue weighted by atomic mass is 9.89. The highest BCUT2D eigenvalue weighted by atomic mass is 15.1. The fourth-order valence-corrected chi connectivity index (χ4v) is 2.02. The molecule has 1 aliphatic rings. The minimum absolute atomic E-state index is 0.918. The minimum atomic E-state index is 0.918. The Morgan fingerprint density at radius 1 is 1.33 bits per heavy atom. The zero-order chi connectivity index (χ0) is 8.81. The predicted octanol–water partition coefficient (Wildman–Crippen LogP) is 2.16. The fourth-order valence-electron chi connectivity index (χ4n) is 2.02. The van der Waals surface area contributed by atoms with Gasteiger partial charge in [0.05, 0.1) is 6.34 Å². The van der Waals surface area contributed by atoms with Gasteiger partial charge in [0.15, 0.2) is 0 Å². The molecule has 0 radical (unpaired) electrons. The summed E-state index contributed by atoms with van der Waals surface area (Å²) in [5, 5.41) is 0. The molecular weight excluding hydrogens is 148 g/mol. The van der Waals surface area contributed by atoms with Crippen LogP contribution in [0, 0.1) is 5.92 Å². The van der Waals surface area contributed by atoms with Crippen LogP contribution in [0.3, 0.4) is 0 Å². The largest absolute Gasteiger partial charge is 0.366 e. The molecule has 2 nitrogen and oxygen atoms in total. The van der Waals surface area contributed by atoms with Crippen molar-refractivity contribution in [2.24, 2.45) is 10.9 Å². The van der Waals surface area contributed by atoms with Crippen LogP contribution in [0.25, 0.3) is 0 Å². The van der Waals surface area contributed by atoms with Gasteiger partial charge < -0.3 is 4.90 Å². The van der Waals surface area contributed by atoms with Crippen LogP contribution in [-0.2, 0) is 0 Å². The van der Waals surface area contributed by atoms with E-state index >= 15 is 0 Å². The first-order valence-corrected chi connectivity index (χ1v) is 4.95. The van der Waals surface area contributed by atoms with Crippen molar-refractivity contribution >= 4 is 6.34 Å². The van der Waals surface area contributed by atoms with Gasteiger partial charge in [-0.05, 0) is 18.8 Å². The van der Waals surface area contributed by atoms with E-state index in [4.69, 9.17) is 0 Å². The highest BCUT2D eigenvalue weighted by Crippen LogP contribution is 2.23. The number of nitrogens with zero attached hydrogens (tertiary/aromatic N) is 2. The van der Waals surface area contributed by atoms with Gasteiger partial charge >= 0.3 is 0 Å². The molecule has 70 valence electrons. The third-order valence-corrected chi connectivity index (χ3v) is 2.58. The zero-order valence-electron chi connectivity index (χ0n) is 8.29. The van der Waals surface area contributed by atoms with Crippen molar-refractivity contribution in [2.75, 3.05) is 20.6 Å². The van der Waals surface area contributed by atoms with Crippen LogP contribution < -0.4 is 0 Å². The topological polar surface area (TPSA) is 15.6 Å². The maximum Gasteiger partial charge on any atom is 0.0843 e. The Kier molecular flexibility index (Phi) is 4.12. The number of hydrogen-bond donors (Lipinski definition) is 0. The van der Waals surface area contributed by atoms with Gasteiger partial charge in [-0.15, -0.1) is 0 Å². The fraction of sp³-hybridized carbons (Fsp3) is 0.900. The zero-order valence-corrected chi connectivity index (χ0v) is 8.29. The first kappa shape index (κ1) is 9.56. The molecule has 1 rings (SSSR count). The summed E-state index contributed by atoms with van der Waals surface area (Å²) in [6, 6.07) is 0. The Hall–Kier alpha value is -0.530. The van der Waals surface area contributed by atoms with Gasteiger partial charge in [-0.3, -0.25) is 4.99 Å². The van der Waals surface area contributed by atoms with E-state index in [9.17, 15) is 0 Å². The van der Waals surface area contributed by atoms with Crippen molar-refractivity contribution in [2.45, 2.75) is 32.1 Å². The van der Waals surface area contributed by atoms with Crippen LogP contribution in [0.5, 0.6) is 0 Å². The van der Waals surface area contributed by atoms with Gasteiger partial charge in [0.25, 0.3) is 0 Å². The summed E-state index contributed by atoms with van der Waals surface area (Å²) in [5.74, 6) is 0.918. The molecule has 12 heavy (non-hydrogen) atoms. The maximum absolute atomic E-state index is 4.00. The molecule has 0 aliphatic heterocycles. The van der Waals surface area contributed by atoms with E-state index in [-0.39, 0.29) is 0 Å². The average molecular weight is 168 g/mol. The third kappa shape index (κ3) is 3.24. The molecule has 2 heteroatoms. The van der Waals surface area contributed by atoms with Gasteiger partial charge in [-0.1, -0.05) is 19.3 Å². The van der Waals surface area contributed by atoms with Crippen LogP contribution in [0.15, 0.2) is 4.99 Å². The van der Waals surface area contributed by atoms with E-state index in [0.717, 1.165) is 5.92 Å². The Labute approximate surface area is 75.7 Å². The second-order valence-corrected chi connectivity index (χ2v) is 3.82.